The maximum Gasteiger partial charge on any atom is 0.219 e. The minimum absolute atomic E-state index is 0.157. The van der Waals surface area contributed by atoms with Crippen LogP contribution in [0.15, 0.2) is 23.6 Å². The van der Waals surface area contributed by atoms with Crippen LogP contribution in [0, 0.1) is 0 Å². The molecule has 1 aromatic carbocycles. The first-order valence-corrected chi connectivity index (χ1v) is 9.13. The maximum atomic E-state index is 11.4. The fourth-order valence-corrected chi connectivity index (χ4v) is 3.74. The van der Waals surface area contributed by atoms with Crippen molar-refractivity contribution in [3.63, 3.8) is 0 Å². The SMILES string of the molecule is COc1ccc(-c2nc(CN3CCN(C(C)=O)CC3)cs2)cc1OC. The predicted molar refractivity (Wildman–Crippen MR) is 98.2 cm³/mol. The summed E-state index contributed by atoms with van der Waals surface area (Å²) < 4.78 is 10.6. The van der Waals surface area contributed by atoms with Crippen molar-refractivity contribution in [2.24, 2.45) is 0 Å². The lowest BCUT2D eigenvalue weighted by atomic mass is 10.2. The number of aromatic nitrogens is 1. The molecule has 1 aromatic heterocycles. The Morgan fingerprint density at radius 3 is 2.52 bits per heavy atom. The highest BCUT2D eigenvalue weighted by atomic mass is 32.1. The molecule has 7 heteroatoms. The minimum Gasteiger partial charge on any atom is -0.493 e. The number of rotatable bonds is 5. The summed E-state index contributed by atoms with van der Waals surface area (Å²) in [4.78, 5) is 20.4. The molecule has 0 saturated carbocycles. The largest absolute Gasteiger partial charge is 0.493 e. The maximum absolute atomic E-state index is 11.4. The van der Waals surface area contributed by atoms with E-state index in [4.69, 9.17) is 14.5 Å². The van der Waals surface area contributed by atoms with E-state index in [1.54, 1.807) is 32.5 Å². The third kappa shape index (κ3) is 4.11. The number of piperazine rings is 1. The van der Waals surface area contributed by atoms with Crippen LogP contribution in [0.25, 0.3) is 10.6 Å². The Labute approximate surface area is 152 Å². The van der Waals surface area contributed by atoms with Crippen molar-refractivity contribution in [2.45, 2.75) is 13.5 Å². The molecule has 6 nitrogen and oxygen atoms in total. The predicted octanol–water partition coefficient (Wildman–Crippen LogP) is 2.49. The molecule has 0 spiro atoms. The average molecular weight is 361 g/mol. The number of methoxy groups -OCH3 is 2. The van der Waals surface area contributed by atoms with Gasteiger partial charge in [-0.3, -0.25) is 9.69 Å². The summed E-state index contributed by atoms with van der Waals surface area (Å²) in [5.74, 6) is 1.58. The van der Waals surface area contributed by atoms with Gasteiger partial charge in [0.2, 0.25) is 5.91 Å². The Bertz CT molecular complexity index is 739. The van der Waals surface area contributed by atoms with Gasteiger partial charge in [0, 0.05) is 50.6 Å². The second-order valence-corrected chi connectivity index (χ2v) is 6.85. The Morgan fingerprint density at radius 1 is 1.16 bits per heavy atom. The summed E-state index contributed by atoms with van der Waals surface area (Å²) in [6.07, 6.45) is 0. The fourth-order valence-electron chi connectivity index (χ4n) is 2.93. The number of nitrogens with zero attached hydrogens (tertiary/aromatic N) is 3. The molecule has 0 atom stereocenters. The molecule has 1 saturated heterocycles. The number of amides is 1. The lowest BCUT2D eigenvalue weighted by Gasteiger charge is -2.33. The van der Waals surface area contributed by atoms with Crippen LogP contribution < -0.4 is 9.47 Å². The van der Waals surface area contributed by atoms with Crippen LogP contribution in [-0.2, 0) is 11.3 Å². The topological polar surface area (TPSA) is 54.9 Å². The van der Waals surface area contributed by atoms with Gasteiger partial charge < -0.3 is 14.4 Å². The lowest BCUT2D eigenvalue weighted by Crippen LogP contribution is -2.47. The summed E-state index contributed by atoms with van der Waals surface area (Å²) in [7, 11) is 3.26. The summed E-state index contributed by atoms with van der Waals surface area (Å²) in [6, 6.07) is 5.85. The summed E-state index contributed by atoms with van der Waals surface area (Å²) in [5, 5.41) is 3.07. The van der Waals surface area contributed by atoms with E-state index in [0.717, 1.165) is 49.0 Å². The van der Waals surface area contributed by atoms with Gasteiger partial charge in [-0.1, -0.05) is 0 Å². The number of hydrogen-bond donors (Lipinski definition) is 0. The third-order valence-corrected chi connectivity index (χ3v) is 5.33. The van der Waals surface area contributed by atoms with E-state index in [0.29, 0.717) is 11.5 Å². The third-order valence-electron chi connectivity index (χ3n) is 4.39. The highest BCUT2D eigenvalue weighted by Gasteiger charge is 2.19. The number of hydrogen-bond acceptors (Lipinski definition) is 6. The van der Waals surface area contributed by atoms with Gasteiger partial charge in [0.1, 0.15) is 5.01 Å². The zero-order chi connectivity index (χ0) is 17.8. The zero-order valence-electron chi connectivity index (χ0n) is 14.8. The number of thiazole rings is 1. The molecular weight excluding hydrogens is 338 g/mol. The van der Waals surface area contributed by atoms with Gasteiger partial charge in [-0.15, -0.1) is 11.3 Å². The zero-order valence-corrected chi connectivity index (χ0v) is 15.6. The van der Waals surface area contributed by atoms with Crippen molar-refractivity contribution in [1.82, 2.24) is 14.8 Å². The van der Waals surface area contributed by atoms with Gasteiger partial charge in [-0.25, -0.2) is 4.98 Å². The second-order valence-electron chi connectivity index (χ2n) is 6.00. The Kier molecular flexibility index (Phi) is 5.55. The molecule has 3 rings (SSSR count). The highest BCUT2D eigenvalue weighted by Crippen LogP contribution is 2.33. The molecule has 2 aromatic rings. The summed E-state index contributed by atoms with van der Waals surface area (Å²) >= 11 is 1.63. The molecule has 0 N–H and O–H groups in total. The van der Waals surface area contributed by atoms with Gasteiger partial charge in [-0.2, -0.15) is 0 Å². The number of ether oxygens (including phenoxy) is 2. The van der Waals surface area contributed by atoms with E-state index in [1.165, 1.54) is 0 Å². The molecule has 1 aliphatic heterocycles. The van der Waals surface area contributed by atoms with Crippen molar-refractivity contribution in [2.75, 3.05) is 40.4 Å². The van der Waals surface area contributed by atoms with Crippen molar-refractivity contribution in [3.05, 3.63) is 29.3 Å². The molecule has 0 radical (unpaired) electrons. The van der Waals surface area contributed by atoms with Crippen molar-refractivity contribution in [3.8, 4) is 22.1 Å². The van der Waals surface area contributed by atoms with E-state index in [2.05, 4.69) is 10.3 Å². The van der Waals surface area contributed by atoms with Crippen molar-refractivity contribution < 1.29 is 14.3 Å². The first-order valence-electron chi connectivity index (χ1n) is 8.25. The van der Waals surface area contributed by atoms with Crippen LogP contribution in [0.2, 0.25) is 0 Å². The van der Waals surface area contributed by atoms with Crippen molar-refractivity contribution >= 4 is 17.2 Å². The van der Waals surface area contributed by atoms with Crippen LogP contribution in [0.5, 0.6) is 11.5 Å². The second kappa shape index (κ2) is 7.84. The molecule has 1 aliphatic rings. The van der Waals surface area contributed by atoms with E-state index in [-0.39, 0.29) is 5.91 Å². The monoisotopic (exact) mass is 361 g/mol. The standard InChI is InChI=1S/C18H23N3O3S/c1-13(22)21-8-6-20(7-9-21)11-15-12-25-18(19-15)14-4-5-16(23-2)17(10-14)24-3/h4-5,10,12H,6-9,11H2,1-3H3. The molecule has 134 valence electrons. The molecule has 0 bridgehead atoms. The molecule has 2 heterocycles. The molecule has 0 aliphatic carbocycles. The minimum atomic E-state index is 0.157. The van der Waals surface area contributed by atoms with Crippen molar-refractivity contribution in [1.29, 1.82) is 0 Å². The van der Waals surface area contributed by atoms with Gasteiger partial charge in [0.15, 0.2) is 11.5 Å². The van der Waals surface area contributed by atoms with E-state index in [1.807, 2.05) is 23.1 Å². The van der Waals surface area contributed by atoms with Crippen LogP contribution in [0.1, 0.15) is 12.6 Å². The Balaban J connectivity index is 1.66. The van der Waals surface area contributed by atoms with Crippen LogP contribution in [0.3, 0.4) is 0 Å². The van der Waals surface area contributed by atoms with Gasteiger partial charge >= 0.3 is 0 Å². The Morgan fingerprint density at radius 2 is 1.88 bits per heavy atom. The fraction of sp³-hybridized carbons (Fsp3) is 0.444. The lowest BCUT2D eigenvalue weighted by molar-refractivity contribution is -0.130. The van der Waals surface area contributed by atoms with Crippen LogP contribution >= 0.6 is 11.3 Å². The van der Waals surface area contributed by atoms with Crippen LogP contribution in [0.4, 0.5) is 0 Å². The summed E-state index contributed by atoms with van der Waals surface area (Å²) in [5.41, 5.74) is 2.08. The smallest absolute Gasteiger partial charge is 0.219 e. The quantitative estimate of drug-likeness (QED) is 0.819. The highest BCUT2D eigenvalue weighted by molar-refractivity contribution is 7.13. The molecular formula is C18H23N3O3S. The van der Waals surface area contributed by atoms with Crippen LogP contribution in [-0.4, -0.2) is 61.1 Å². The van der Waals surface area contributed by atoms with E-state index < -0.39 is 0 Å². The van der Waals surface area contributed by atoms with Gasteiger partial charge in [-0.05, 0) is 18.2 Å². The first-order chi connectivity index (χ1) is 12.1. The molecule has 1 fully saturated rings. The first kappa shape index (κ1) is 17.7. The van der Waals surface area contributed by atoms with Gasteiger partial charge in [0.25, 0.3) is 0 Å². The Hall–Kier alpha value is -2.12. The number of benzene rings is 1. The normalized spacial score (nSPS) is 15.2. The summed E-state index contributed by atoms with van der Waals surface area (Å²) in [6.45, 7) is 5.82. The van der Waals surface area contributed by atoms with E-state index in [9.17, 15) is 4.79 Å². The number of carbonyl (C=O) groups is 1. The molecule has 25 heavy (non-hydrogen) atoms. The van der Waals surface area contributed by atoms with Gasteiger partial charge in [0.05, 0.1) is 19.9 Å². The molecule has 1 amide bonds. The number of carbonyl (C=O) groups excluding carboxylic acids is 1. The average Bonchev–Trinajstić information content (AvgIpc) is 3.10. The van der Waals surface area contributed by atoms with E-state index >= 15 is 0 Å². The molecule has 0 unspecified atom stereocenters.